The van der Waals surface area contributed by atoms with E-state index < -0.39 is 0 Å². The van der Waals surface area contributed by atoms with Crippen molar-refractivity contribution >= 4 is 35.1 Å². The van der Waals surface area contributed by atoms with Gasteiger partial charge >= 0.3 is 0 Å². The minimum Gasteiger partial charge on any atom is -0.378 e. The van der Waals surface area contributed by atoms with E-state index in [2.05, 4.69) is 0 Å². The van der Waals surface area contributed by atoms with Gasteiger partial charge in [-0.05, 0) is 78.0 Å². The molecular weight excluding hydrogens is 384 g/mol. The molecule has 4 rings (SSSR count). The van der Waals surface area contributed by atoms with Gasteiger partial charge in [-0.15, -0.1) is 0 Å². The Labute approximate surface area is 184 Å². The number of carbonyl (C=O) groups is 2. The summed E-state index contributed by atoms with van der Waals surface area (Å²) in [5, 5.41) is 0. The lowest BCUT2D eigenvalue weighted by molar-refractivity contribution is -0.127. The molecule has 2 aliphatic rings. The molecule has 160 valence electrons. The molecule has 2 bridgehead atoms. The first-order valence-corrected chi connectivity index (χ1v) is 10.9. The average Bonchev–Trinajstić information content (AvgIpc) is 2.75. The molecule has 0 aliphatic heterocycles. The summed E-state index contributed by atoms with van der Waals surface area (Å²) in [6.45, 7) is 0. The average molecular weight is 415 g/mol. The van der Waals surface area contributed by atoms with E-state index >= 15 is 0 Å². The van der Waals surface area contributed by atoms with Gasteiger partial charge in [-0.1, -0.05) is 24.3 Å². The van der Waals surface area contributed by atoms with Crippen molar-refractivity contribution < 1.29 is 9.59 Å². The van der Waals surface area contributed by atoms with Crippen LogP contribution in [-0.4, -0.2) is 39.8 Å². The Morgan fingerprint density at radius 1 is 0.645 bits per heavy atom. The summed E-state index contributed by atoms with van der Waals surface area (Å²) in [5.74, 6) is 0.232. The molecule has 2 fully saturated rings. The topological polar surface area (TPSA) is 40.6 Å². The first-order valence-electron chi connectivity index (χ1n) is 10.9. The molecule has 0 amide bonds. The third-order valence-corrected chi connectivity index (χ3v) is 6.38. The molecule has 0 N–H and O–H groups in total. The number of allylic oxidation sites excluding steroid dienone is 2. The zero-order valence-electron chi connectivity index (χ0n) is 18.8. The largest absolute Gasteiger partial charge is 0.378 e. The Kier molecular flexibility index (Phi) is 5.81. The number of ketones is 2. The molecule has 4 heteroatoms. The summed E-state index contributed by atoms with van der Waals surface area (Å²) in [6.07, 6.45) is 5.72. The monoisotopic (exact) mass is 414 g/mol. The highest BCUT2D eigenvalue weighted by Gasteiger charge is 2.41. The van der Waals surface area contributed by atoms with E-state index in [4.69, 9.17) is 0 Å². The number of nitrogens with zero attached hydrogens (tertiary/aromatic N) is 2. The van der Waals surface area contributed by atoms with Gasteiger partial charge < -0.3 is 9.80 Å². The lowest BCUT2D eigenvalue weighted by atomic mass is 9.66. The van der Waals surface area contributed by atoms with Gasteiger partial charge in [0, 0.05) is 51.4 Å². The Balaban J connectivity index is 1.54. The van der Waals surface area contributed by atoms with Crippen molar-refractivity contribution in [1.29, 1.82) is 0 Å². The second-order valence-corrected chi connectivity index (χ2v) is 9.08. The maximum absolute atomic E-state index is 13.1. The second kappa shape index (κ2) is 8.54. The fourth-order valence-electron chi connectivity index (χ4n) is 4.57. The van der Waals surface area contributed by atoms with E-state index in [1.165, 1.54) is 0 Å². The van der Waals surface area contributed by atoms with Gasteiger partial charge in [0.05, 0.1) is 0 Å². The third kappa shape index (κ3) is 4.48. The van der Waals surface area contributed by atoms with Crippen LogP contribution < -0.4 is 9.80 Å². The van der Waals surface area contributed by atoms with Gasteiger partial charge in [-0.3, -0.25) is 9.59 Å². The van der Waals surface area contributed by atoms with Crippen LogP contribution in [0.3, 0.4) is 0 Å². The number of hydrogen-bond acceptors (Lipinski definition) is 4. The zero-order chi connectivity index (χ0) is 22.1. The van der Waals surface area contributed by atoms with Crippen LogP contribution in [0.4, 0.5) is 11.4 Å². The maximum atomic E-state index is 13.1. The van der Waals surface area contributed by atoms with Gasteiger partial charge in [0.1, 0.15) is 0 Å². The summed E-state index contributed by atoms with van der Waals surface area (Å²) in [7, 11) is 8.03. The number of anilines is 2. The number of carbonyl (C=O) groups excluding carboxylic acids is 2. The molecule has 2 aromatic carbocycles. The zero-order valence-corrected chi connectivity index (χ0v) is 18.8. The Morgan fingerprint density at radius 2 is 1.00 bits per heavy atom. The molecule has 2 aliphatic carbocycles. The molecule has 0 spiro atoms. The number of fused-ring (bicyclic) bond motifs is 2. The maximum Gasteiger partial charge on any atom is 0.162 e. The minimum atomic E-state index is -0.0870. The van der Waals surface area contributed by atoms with Gasteiger partial charge in [0.25, 0.3) is 0 Å². The first kappa shape index (κ1) is 21.1. The number of rotatable bonds is 4. The van der Waals surface area contributed by atoms with Gasteiger partial charge in [0.2, 0.25) is 0 Å². The van der Waals surface area contributed by atoms with Crippen molar-refractivity contribution in [2.24, 2.45) is 11.8 Å². The van der Waals surface area contributed by atoms with Gasteiger partial charge in [-0.25, -0.2) is 0 Å². The molecule has 0 radical (unpaired) electrons. The smallest absolute Gasteiger partial charge is 0.162 e. The van der Waals surface area contributed by atoms with Crippen LogP contribution in [0.2, 0.25) is 0 Å². The van der Waals surface area contributed by atoms with Crippen molar-refractivity contribution in [3.8, 4) is 0 Å². The highest BCUT2D eigenvalue weighted by molar-refractivity contribution is 6.10. The SMILES string of the molecule is CN(C)c1ccc(/C=C2\CC3CC(C/C(=C\c4ccc(N(C)C)cc4)C3=O)C2=O)cc1. The van der Waals surface area contributed by atoms with Crippen molar-refractivity contribution in [1.82, 2.24) is 0 Å². The van der Waals surface area contributed by atoms with Crippen LogP contribution in [0.15, 0.2) is 59.7 Å². The summed E-state index contributed by atoms with van der Waals surface area (Å²) >= 11 is 0. The molecule has 2 saturated carbocycles. The molecule has 0 heterocycles. The minimum absolute atomic E-state index is 0.0870. The van der Waals surface area contributed by atoms with Crippen LogP contribution in [0.1, 0.15) is 30.4 Å². The first-order chi connectivity index (χ1) is 14.8. The van der Waals surface area contributed by atoms with Crippen LogP contribution in [0, 0.1) is 11.8 Å². The second-order valence-electron chi connectivity index (χ2n) is 9.08. The molecule has 2 atom stereocenters. The highest BCUT2D eigenvalue weighted by Crippen LogP contribution is 2.41. The molecule has 0 saturated heterocycles. The van der Waals surface area contributed by atoms with Crippen molar-refractivity contribution in [3.63, 3.8) is 0 Å². The molecular formula is C27H30N2O2. The van der Waals surface area contributed by atoms with Crippen LogP contribution in [0.5, 0.6) is 0 Å². The summed E-state index contributed by atoms with van der Waals surface area (Å²) in [4.78, 5) is 30.3. The van der Waals surface area contributed by atoms with Crippen molar-refractivity contribution in [2.75, 3.05) is 38.0 Å². The van der Waals surface area contributed by atoms with Crippen LogP contribution in [0.25, 0.3) is 12.2 Å². The van der Waals surface area contributed by atoms with E-state index in [9.17, 15) is 9.59 Å². The lowest BCUT2D eigenvalue weighted by Gasteiger charge is -2.35. The molecule has 2 unspecified atom stereocenters. The number of benzene rings is 2. The number of Topliss-reactive ketones (excluding diaryl/α,β-unsaturated/α-hetero) is 2. The quantitative estimate of drug-likeness (QED) is 0.671. The lowest BCUT2D eigenvalue weighted by Crippen LogP contribution is -2.37. The van der Waals surface area contributed by atoms with E-state index in [1.54, 1.807) is 0 Å². The number of hydrogen-bond donors (Lipinski definition) is 0. The standard InChI is InChI=1S/C27H30N2O2/c1-28(2)24-9-5-18(6-10-24)13-20-15-22-17-23(26(20)30)16-21(27(22)31)14-19-7-11-25(12-8-19)29(3)4/h5-14,22-23H,15-17H2,1-4H3/b20-13+,21-14+. The summed E-state index contributed by atoms with van der Waals surface area (Å²) in [5.41, 5.74) is 5.86. The Hall–Kier alpha value is -3.14. The van der Waals surface area contributed by atoms with Crippen LogP contribution >= 0.6 is 0 Å². The van der Waals surface area contributed by atoms with Gasteiger partial charge in [0.15, 0.2) is 11.6 Å². The highest BCUT2D eigenvalue weighted by atomic mass is 16.1. The van der Waals surface area contributed by atoms with E-state index in [1.807, 2.05) is 98.7 Å². The Bertz CT molecular complexity index is 958. The van der Waals surface area contributed by atoms with Crippen molar-refractivity contribution in [3.05, 3.63) is 70.8 Å². The van der Waals surface area contributed by atoms with Crippen molar-refractivity contribution in [2.45, 2.75) is 19.3 Å². The van der Waals surface area contributed by atoms with E-state index in [-0.39, 0.29) is 23.4 Å². The molecule has 2 aromatic rings. The predicted molar refractivity (Wildman–Crippen MR) is 128 cm³/mol. The normalized spacial score (nSPS) is 23.4. The van der Waals surface area contributed by atoms with E-state index in [0.717, 1.165) is 33.6 Å². The molecule has 4 nitrogen and oxygen atoms in total. The Morgan fingerprint density at radius 3 is 1.32 bits per heavy atom. The van der Waals surface area contributed by atoms with Crippen LogP contribution in [-0.2, 0) is 9.59 Å². The fraction of sp³-hybridized carbons (Fsp3) is 0.333. The molecule has 31 heavy (non-hydrogen) atoms. The fourth-order valence-corrected chi connectivity index (χ4v) is 4.57. The van der Waals surface area contributed by atoms with E-state index in [0.29, 0.717) is 19.3 Å². The third-order valence-electron chi connectivity index (χ3n) is 6.38. The summed E-state index contributed by atoms with van der Waals surface area (Å²) in [6, 6.07) is 16.3. The molecule has 0 aromatic heterocycles. The predicted octanol–water partition coefficient (Wildman–Crippen LogP) is 4.85. The summed E-state index contributed by atoms with van der Waals surface area (Å²) < 4.78 is 0. The van der Waals surface area contributed by atoms with Gasteiger partial charge in [-0.2, -0.15) is 0 Å².